The first-order valence-corrected chi connectivity index (χ1v) is 7.62. The van der Waals surface area contributed by atoms with Crippen LogP contribution >= 0.6 is 0 Å². The zero-order chi connectivity index (χ0) is 14.6. The maximum Gasteiger partial charge on any atom is 0.240 e. The molecule has 0 heterocycles. The molecule has 0 atom stereocenters. The van der Waals surface area contributed by atoms with E-state index in [1.54, 1.807) is 42.5 Å². The number of carbonyl (C=O) groups is 1. The molecule has 2 aromatic rings. The molecule has 0 bridgehead atoms. The number of benzene rings is 2. The highest BCUT2D eigenvalue weighted by molar-refractivity contribution is 7.89. The minimum Gasteiger partial charge on any atom is -0.293 e. The smallest absolute Gasteiger partial charge is 0.240 e. The monoisotopic (exact) mass is 289 g/mol. The van der Waals surface area contributed by atoms with Crippen molar-refractivity contribution in [3.05, 3.63) is 65.7 Å². The van der Waals surface area contributed by atoms with Gasteiger partial charge in [-0.05, 0) is 19.1 Å². The standard InChI is InChI=1S/C15H15NO3S/c1-12-7-9-14(10-8-12)20(18,19)16-11-15(17)13-5-3-2-4-6-13/h2-10,16H,11H2,1H3. The number of nitrogens with one attached hydrogen (secondary N) is 1. The second-order valence-corrected chi connectivity index (χ2v) is 6.19. The molecule has 0 spiro atoms. The molecule has 104 valence electrons. The molecule has 0 radical (unpaired) electrons. The Morgan fingerprint density at radius 2 is 1.60 bits per heavy atom. The topological polar surface area (TPSA) is 63.2 Å². The lowest BCUT2D eigenvalue weighted by Gasteiger charge is -2.06. The van der Waals surface area contributed by atoms with Crippen molar-refractivity contribution in [2.45, 2.75) is 11.8 Å². The van der Waals surface area contributed by atoms with Gasteiger partial charge < -0.3 is 0 Å². The van der Waals surface area contributed by atoms with E-state index in [1.165, 1.54) is 12.1 Å². The van der Waals surface area contributed by atoms with E-state index in [0.717, 1.165) is 5.56 Å². The second kappa shape index (κ2) is 5.98. The van der Waals surface area contributed by atoms with E-state index in [0.29, 0.717) is 5.56 Å². The summed E-state index contributed by atoms with van der Waals surface area (Å²) in [5.74, 6) is -0.263. The van der Waals surface area contributed by atoms with Crippen LogP contribution in [0, 0.1) is 6.92 Å². The van der Waals surface area contributed by atoms with Crippen molar-refractivity contribution in [2.24, 2.45) is 0 Å². The van der Waals surface area contributed by atoms with Crippen LogP contribution in [0.5, 0.6) is 0 Å². The van der Waals surface area contributed by atoms with E-state index in [-0.39, 0.29) is 17.2 Å². The van der Waals surface area contributed by atoms with Crippen LogP contribution in [-0.4, -0.2) is 20.7 Å². The highest BCUT2D eigenvalue weighted by atomic mass is 32.2. The van der Waals surface area contributed by atoms with Crippen LogP contribution in [0.3, 0.4) is 0 Å². The number of aryl methyl sites for hydroxylation is 1. The first kappa shape index (κ1) is 14.4. The summed E-state index contributed by atoms with van der Waals surface area (Å²) < 4.78 is 26.3. The Morgan fingerprint density at radius 3 is 2.20 bits per heavy atom. The molecule has 5 heteroatoms. The summed E-state index contributed by atoms with van der Waals surface area (Å²) in [4.78, 5) is 12.0. The average Bonchev–Trinajstić information content (AvgIpc) is 2.46. The number of rotatable bonds is 5. The van der Waals surface area contributed by atoms with E-state index < -0.39 is 10.0 Å². The molecule has 0 aliphatic rings. The Kier molecular flexibility index (Phi) is 4.32. The number of carbonyl (C=O) groups excluding carboxylic acids is 1. The van der Waals surface area contributed by atoms with Gasteiger partial charge in [0.05, 0.1) is 11.4 Å². The Labute approximate surface area is 118 Å². The third-order valence-electron chi connectivity index (χ3n) is 2.85. The molecule has 0 fully saturated rings. The van der Waals surface area contributed by atoms with Gasteiger partial charge in [-0.15, -0.1) is 0 Å². The van der Waals surface area contributed by atoms with Gasteiger partial charge in [0.25, 0.3) is 0 Å². The van der Waals surface area contributed by atoms with Crippen molar-refractivity contribution >= 4 is 15.8 Å². The van der Waals surface area contributed by atoms with E-state index in [2.05, 4.69) is 4.72 Å². The predicted octanol–water partition coefficient (Wildman–Crippen LogP) is 2.16. The predicted molar refractivity (Wildman–Crippen MR) is 77.1 cm³/mol. The van der Waals surface area contributed by atoms with Crippen molar-refractivity contribution in [3.8, 4) is 0 Å². The Bertz CT molecular complexity index is 692. The molecular weight excluding hydrogens is 274 g/mol. The lowest BCUT2D eigenvalue weighted by Crippen LogP contribution is -2.29. The SMILES string of the molecule is Cc1ccc(S(=O)(=O)NCC(=O)c2ccccc2)cc1. The van der Waals surface area contributed by atoms with Crippen LogP contribution in [-0.2, 0) is 10.0 Å². The minimum absolute atomic E-state index is 0.156. The van der Waals surface area contributed by atoms with Crippen LogP contribution in [0.25, 0.3) is 0 Å². The van der Waals surface area contributed by atoms with E-state index in [9.17, 15) is 13.2 Å². The third-order valence-corrected chi connectivity index (χ3v) is 4.27. The molecule has 2 aromatic carbocycles. The van der Waals surface area contributed by atoms with Gasteiger partial charge in [0.15, 0.2) is 5.78 Å². The van der Waals surface area contributed by atoms with Crippen LogP contribution < -0.4 is 4.72 Å². The zero-order valence-corrected chi connectivity index (χ0v) is 11.9. The Balaban J connectivity index is 2.06. The summed E-state index contributed by atoms with van der Waals surface area (Å²) in [7, 11) is -3.65. The van der Waals surface area contributed by atoms with Crippen molar-refractivity contribution in [2.75, 3.05) is 6.54 Å². The van der Waals surface area contributed by atoms with Crippen LogP contribution in [0.15, 0.2) is 59.5 Å². The molecule has 1 N–H and O–H groups in total. The Hall–Kier alpha value is -1.98. The lowest BCUT2D eigenvalue weighted by molar-refractivity contribution is 0.0997. The summed E-state index contributed by atoms with van der Waals surface area (Å²) in [6.07, 6.45) is 0. The van der Waals surface area contributed by atoms with Crippen LogP contribution in [0.4, 0.5) is 0 Å². The fourth-order valence-corrected chi connectivity index (χ4v) is 2.67. The van der Waals surface area contributed by atoms with E-state index in [4.69, 9.17) is 0 Å². The van der Waals surface area contributed by atoms with E-state index >= 15 is 0 Å². The van der Waals surface area contributed by atoms with Crippen molar-refractivity contribution < 1.29 is 13.2 Å². The summed E-state index contributed by atoms with van der Waals surface area (Å²) in [6, 6.07) is 15.1. The van der Waals surface area contributed by atoms with Gasteiger partial charge in [0.1, 0.15) is 0 Å². The van der Waals surface area contributed by atoms with E-state index in [1.807, 2.05) is 6.92 Å². The molecule has 0 saturated heterocycles. The molecule has 2 rings (SSSR count). The van der Waals surface area contributed by atoms with Crippen molar-refractivity contribution in [1.29, 1.82) is 0 Å². The lowest BCUT2D eigenvalue weighted by atomic mass is 10.1. The largest absolute Gasteiger partial charge is 0.293 e. The van der Waals surface area contributed by atoms with Gasteiger partial charge in [0.2, 0.25) is 10.0 Å². The van der Waals surface area contributed by atoms with Gasteiger partial charge in [-0.2, -0.15) is 0 Å². The van der Waals surface area contributed by atoms with Gasteiger partial charge in [0, 0.05) is 5.56 Å². The normalized spacial score (nSPS) is 11.2. The average molecular weight is 289 g/mol. The highest BCUT2D eigenvalue weighted by Crippen LogP contribution is 2.10. The van der Waals surface area contributed by atoms with Crippen LogP contribution in [0.2, 0.25) is 0 Å². The van der Waals surface area contributed by atoms with Gasteiger partial charge >= 0.3 is 0 Å². The fraction of sp³-hybridized carbons (Fsp3) is 0.133. The number of sulfonamides is 1. The van der Waals surface area contributed by atoms with Gasteiger partial charge in [-0.1, -0.05) is 48.0 Å². The summed E-state index contributed by atoms with van der Waals surface area (Å²) in [5, 5.41) is 0. The quantitative estimate of drug-likeness (QED) is 0.858. The van der Waals surface area contributed by atoms with Gasteiger partial charge in [-0.3, -0.25) is 4.79 Å². The molecule has 0 unspecified atom stereocenters. The number of hydrogen-bond donors (Lipinski definition) is 1. The molecule has 0 aliphatic heterocycles. The molecule has 0 amide bonds. The second-order valence-electron chi connectivity index (χ2n) is 4.43. The summed E-state index contributed by atoms with van der Waals surface area (Å²) in [6.45, 7) is 1.63. The molecule has 4 nitrogen and oxygen atoms in total. The molecular formula is C15H15NO3S. The molecule has 0 saturated carbocycles. The molecule has 20 heavy (non-hydrogen) atoms. The number of hydrogen-bond acceptors (Lipinski definition) is 3. The Morgan fingerprint density at radius 1 is 1.00 bits per heavy atom. The van der Waals surface area contributed by atoms with Crippen molar-refractivity contribution in [1.82, 2.24) is 4.72 Å². The number of ketones is 1. The molecule has 0 aromatic heterocycles. The summed E-state index contributed by atoms with van der Waals surface area (Å²) >= 11 is 0. The van der Waals surface area contributed by atoms with Crippen LogP contribution in [0.1, 0.15) is 15.9 Å². The number of Topliss-reactive ketones (excluding diaryl/α,β-unsaturated/α-hetero) is 1. The minimum atomic E-state index is -3.65. The maximum absolute atomic E-state index is 12.0. The first-order chi connectivity index (χ1) is 9.49. The van der Waals surface area contributed by atoms with Crippen molar-refractivity contribution in [3.63, 3.8) is 0 Å². The molecule has 0 aliphatic carbocycles. The highest BCUT2D eigenvalue weighted by Gasteiger charge is 2.15. The first-order valence-electron chi connectivity index (χ1n) is 6.13. The third kappa shape index (κ3) is 3.53. The zero-order valence-electron chi connectivity index (χ0n) is 11.0. The summed E-state index contributed by atoms with van der Waals surface area (Å²) in [5.41, 5.74) is 1.46. The fourth-order valence-electron chi connectivity index (χ4n) is 1.69. The van der Waals surface area contributed by atoms with Gasteiger partial charge in [-0.25, -0.2) is 13.1 Å². The maximum atomic E-state index is 12.0.